The summed E-state index contributed by atoms with van der Waals surface area (Å²) in [6.45, 7) is 0. The first-order chi connectivity index (χ1) is 15.4. The van der Waals surface area contributed by atoms with Crippen molar-refractivity contribution in [2.24, 2.45) is 0 Å². The second kappa shape index (κ2) is 10.0. The highest BCUT2D eigenvalue weighted by molar-refractivity contribution is 6.09. The zero-order chi connectivity index (χ0) is 23.1. The molecule has 0 fully saturated rings. The molecule has 0 aliphatic rings. The van der Waals surface area contributed by atoms with Gasteiger partial charge in [0, 0.05) is 17.7 Å². The van der Waals surface area contributed by atoms with Gasteiger partial charge in [-0.2, -0.15) is 0 Å². The average molecular weight is 433 g/mol. The zero-order valence-electron chi connectivity index (χ0n) is 17.3. The van der Waals surface area contributed by atoms with Crippen molar-refractivity contribution in [2.45, 2.75) is 0 Å². The van der Waals surface area contributed by atoms with E-state index in [1.54, 1.807) is 42.5 Å². The first-order valence-corrected chi connectivity index (χ1v) is 9.43. The molecule has 0 amide bonds. The summed E-state index contributed by atoms with van der Waals surface area (Å²) in [4.78, 5) is 35.6. The fraction of sp³-hybridized carbons (Fsp3) is 0.0833. The van der Waals surface area contributed by atoms with Crippen molar-refractivity contribution >= 4 is 23.5 Å². The van der Waals surface area contributed by atoms with Crippen LogP contribution in [-0.2, 0) is 0 Å². The lowest BCUT2D eigenvalue weighted by atomic mass is 10.1. The van der Waals surface area contributed by atoms with E-state index in [0.29, 0.717) is 22.6 Å². The standard InChI is InChI=1S/C24H19NO7/c1-30-19-11-13-23(31-2)20(15-19)21(26)12-10-16-6-3-4-9-22(16)32-24(27)17-7-5-8-18(14-17)25(28)29/h3-15H,1-2H3. The lowest BCUT2D eigenvalue weighted by molar-refractivity contribution is -0.384. The van der Waals surface area contributed by atoms with E-state index >= 15 is 0 Å². The maximum absolute atomic E-state index is 12.7. The third kappa shape index (κ3) is 5.17. The van der Waals surface area contributed by atoms with E-state index in [9.17, 15) is 19.7 Å². The summed E-state index contributed by atoms with van der Waals surface area (Å²) in [6, 6.07) is 16.8. The second-order valence-corrected chi connectivity index (χ2v) is 6.50. The Morgan fingerprint density at radius 1 is 0.906 bits per heavy atom. The van der Waals surface area contributed by atoms with Gasteiger partial charge in [0.15, 0.2) is 5.78 Å². The van der Waals surface area contributed by atoms with Crippen LogP contribution in [0.4, 0.5) is 5.69 Å². The highest BCUT2D eigenvalue weighted by Gasteiger charge is 2.15. The molecule has 8 heteroatoms. The number of esters is 1. The smallest absolute Gasteiger partial charge is 0.343 e. The van der Waals surface area contributed by atoms with Gasteiger partial charge in [0.2, 0.25) is 0 Å². The molecule has 0 spiro atoms. The van der Waals surface area contributed by atoms with Crippen molar-refractivity contribution in [3.05, 3.63) is 99.6 Å². The molecule has 0 radical (unpaired) electrons. The Kier molecular flexibility index (Phi) is 6.97. The van der Waals surface area contributed by atoms with Gasteiger partial charge in [-0.05, 0) is 42.5 Å². The molecule has 0 aromatic heterocycles. The fourth-order valence-electron chi connectivity index (χ4n) is 2.88. The number of ketones is 1. The molecule has 3 aromatic rings. The Bertz CT molecular complexity index is 1200. The van der Waals surface area contributed by atoms with Crippen LogP contribution in [-0.4, -0.2) is 30.9 Å². The van der Waals surface area contributed by atoms with Crippen LogP contribution in [0.3, 0.4) is 0 Å². The Morgan fingerprint density at radius 3 is 2.41 bits per heavy atom. The molecule has 0 aliphatic heterocycles. The summed E-state index contributed by atoms with van der Waals surface area (Å²) >= 11 is 0. The zero-order valence-corrected chi connectivity index (χ0v) is 17.3. The molecular formula is C24H19NO7. The largest absolute Gasteiger partial charge is 0.497 e. The van der Waals surface area contributed by atoms with Gasteiger partial charge in [-0.25, -0.2) is 4.79 Å². The van der Waals surface area contributed by atoms with Crippen molar-refractivity contribution in [3.63, 3.8) is 0 Å². The van der Waals surface area contributed by atoms with Crippen molar-refractivity contribution < 1.29 is 28.7 Å². The number of ether oxygens (including phenoxy) is 3. The molecule has 0 saturated carbocycles. The molecule has 0 heterocycles. The molecule has 32 heavy (non-hydrogen) atoms. The first-order valence-electron chi connectivity index (χ1n) is 9.43. The van der Waals surface area contributed by atoms with Crippen molar-refractivity contribution in [1.29, 1.82) is 0 Å². The summed E-state index contributed by atoms with van der Waals surface area (Å²) in [6.07, 6.45) is 2.84. The Balaban J connectivity index is 1.84. The summed E-state index contributed by atoms with van der Waals surface area (Å²) < 4.78 is 15.8. The van der Waals surface area contributed by atoms with Crippen LogP contribution in [0.5, 0.6) is 17.2 Å². The van der Waals surface area contributed by atoms with Gasteiger partial charge < -0.3 is 14.2 Å². The number of nitro benzene ring substituents is 1. The molecule has 3 aromatic carbocycles. The minimum atomic E-state index is -0.754. The quantitative estimate of drug-likeness (QED) is 0.126. The summed E-state index contributed by atoms with van der Waals surface area (Å²) in [7, 11) is 2.96. The molecule has 3 rings (SSSR count). The van der Waals surface area contributed by atoms with E-state index in [0.717, 1.165) is 6.07 Å². The molecule has 0 atom stereocenters. The van der Waals surface area contributed by atoms with Gasteiger partial charge >= 0.3 is 5.97 Å². The monoisotopic (exact) mass is 433 g/mol. The van der Waals surface area contributed by atoms with Crippen LogP contribution in [0.2, 0.25) is 0 Å². The normalized spacial score (nSPS) is 10.6. The van der Waals surface area contributed by atoms with Gasteiger partial charge in [-0.1, -0.05) is 24.3 Å². The number of carbonyl (C=O) groups is 2. The molecule has 8 nitrogen and oxygen atoms in total. The molecule has 0 unspecified atom stereocenters. The summed E-state index contributed by atoms with van der Waals surface area (Å²) in [5.41, 5.74) is 0.608. The molecule has 0 N–H and O–H groups in total. The summed E-state index contributed by atoms with van der Waals surface area (Å²) in [5, 5.41) is 10.9. The minimum absolute atomic E-state index is 0.0372. The second-order valence-electron chi connectivity index (χ2n) is 6.50. The molecular weight excluding hydrogens is 414 g/mol. The predicted octanol–water partition coefficient (Wildman–Crippen LogP) is 4.73. The molecule has 0 saturated heterocycles. The number of hydrogen-bond donors (Lipinski definition) is 0. The SMILES string of the molecule is COc1ccc(OC)c(C(=O)C=Cc2ccccc2OC(=O)c2cccc([N+](=O)[O-])c2)c1. The molecule has 0 bridgehead atoms. The van der Waals surface area contributed by atoms with Gasteiger partial charge in [-0.3, -0.25) is 14.9 Å². The fourth-order valence-corrected chi connectivity index (χ4v) is 2.88. The van der Waals surface area contributed by atoms with E-state index in [1.807, 2.05) is 0 Å². The lowest BCUT2D eigenvalue weighted by Gasteiger charge is -2.09. The van der Waals surface area contributed by atoms with Crippen molar-refractivity contribution in [2.75, 3.05) is 14.2 Å². The topological polar surface area (TPSA) is 105 Å². The van der Waals surface area contributed by atoms with E-state index in [2.05, 4.69) is 0 Å². The summed E-state index contributed by atoms with van der Waals surface area (Å²) in [5.74, 6) is 0.0150. The van der Waals surface area contributed by atoms with Gasteiger partial charge in [0.05, 0.1) is 30.3 Å². The average Bonchev–Trinajstić information content (AvgIpc) is 2.82. The van der Waals surface area contributed by atoms with Crippen LogP contribution >= 0.6 is 0 Å². The van der Waals surface area contributed by atoms with Crippen molar-refractivity contribution in [3.8, 4) is 17.2 Å². The number of allylic oxidation sites excluding steroid dienone is 1. The van der Waals surface area contributed by atoms with Crippen LogP contribution in [0.15, 0.2) is 72.8 Å². The Morgan fingerprint density at radius 2 is 1.69 bits per heavy atom. The van der Waals surface area contributed by atoms with Gasteiger partial charge in [0.1, 0.15) is 17.2 Å². The van der Waals surface area contributed by atoms with Crippen LogP contribution in [0.25, 0.3) is 6.08 Å². The molecule has 0 aliphatic carbocycles. The first kappa shape index (κ1) is 22.2. The maximum atomic E-state index is 12.7. The predicted molar refractivity (Wildman–Crippen MR) is 117 cm³/mol. The van der Waals surface area contributed by atoms with Crippen LogP contribution in [0, 0.1) is 10.1 Å². The number of rotatable bonds is 8. The van der Waals surface area contributed by atoms with Crippen LogP contribution < -0.4 is 14.2 Å². The Labute approximate surface area is 183 Å². The number of methoxy groups -OCH3 is 2. The van der Waals surface area contributed by atoms with E-state index in [1.165, 1.54) is 44.6 Å². The number of nitro groups is 1. The number of benzene rings is 3. The number of non-ortho nitro benzene ring substituents is 1. The third-order valence-corrected chi connectivity index (χ3v) is 4.50. The van der Waals surface area contributed by atoms with E-state index in [4.69, 9.17) is 14.2 Å². The van der Waals surface area contributed by atoms with Crippen LogP contribution in [0.1, 0.15) is 26.3 Å². The number of hydrogen-bond acceptors (Lipinski definition) is 7. The van der Waals surface area contributed by atoms with Crippen molar-refractivity contribution in [1.82, 2.24) is 0 Å². The van der Waals surface area contributed by atoms with Gasteiger partial charge in [-0.15, -0.1) is 0 Å². The number of para-hydroxylation sites is 1. The lowest BCUT2D eigenvalue weighted by Crippen LogP contribution is -2.09. The third-order valence-electron chi connectivity index (χ3n) is 4.50. The number of carbonyl (C=O) groups excluding carboxylic acids is 2. The highest BCUT2D eigenvalue weighted by atomic mass is 16.6. The van der Waals surface area contributed by atoms with E-state index in [-0.39, 0.29) is 22.8 Å². The minimum Gasteiger partial charge on any atom is -0.497 e. The maximum Gasteiger partial charge on any atom is 0.343 e. The highest BCUT2D eigenvalue weighted by Crippen LogP contribution is 2.26. The Hall–Kier alpha value is -4.46. The van der Waals surface area contributed by atoms with Gasteiger partial charge in [0.25, 0.3) is 5.69 Å². The molecule has 162 valence electrons. The van der Waals surface area contributed by atoms with E-state index < -0.39 is 10.9 Å². The number of nitrogens with zero attached hydrogens (tertiary/aromatic N) is 1.